The van der Waals surface area contributed by atoms with Crippen LogP contribution in [0.5, 0.6) is 0 Å². The lowest BCUT2D eigenvalue weighted by Gasteiger charge is -2.02. The summed E-state index contributed by atoms with van der Waals surface area (Å²) in [5.41, 5.74) is 2.53. The van der Waals surface area contributed by atoms with E-state index in [1.807, 2.05) is 12.1 Å². The van der Waals surface area contributed by atoms with Crippen LogP contribution in [0.4, 0.5) is 5.69 Å². The van der Waals surface area contributed by atoms with Crippen LogP contribution >= 0.6 is 11.6 Å². The number of hydrogen-bond donors (Lipinski definition) is 1. The van der Waals surface area contributed by atoms with Gasteiger partial charge >= 0.3 is 0 Å². The molecule has 0 saturated heterocycles. The number of nitro benzene ring substituents is 1. The molecule has 0 unspecified atom stereocenters. The maximum atomic E-state index is 12.1. The van der Waals surface area contributed by atoms with Crippen LogP contribution in [0.2, 0.25) is 5.02 Å². The molecule has 0 atom stereocenters. The average Bonchev–Trinajstić information content (AvgIpc) is 2.89. The molecule has 1 N–H and O–H groups in total. The molecule has 6 heteroatoms. The summed E-state index contributed by atoms with van der Waals surface area (Å²) in [6.07, 6.45) is 3.33. The molecule has 1 heterocycles. The molecule has 0 radical (unpaired) electrons. The Hall–Kier alpha value is -2.92. The molecule has 0 spiro atoms. The predicted molar refractivity (Wildman–Crippen MR) is 88.6 cm³/mol. The van der Waals surface area contributed by atoms with Crippen LogP contribution in [0, 0.1) is 10.1 Å². The van der Waals surface area contributed by atoms with E-state index in [4.69, 9.17) is 11.6 Å². The molecular formula is C17H11ClN2O3. The number of nitrogens with one attached hydrogen (secondary N) is 1. The number of non-ortho nitro benzene ring substituents is 1. The van der Waals surface area contributed by atoms with Gasteiger partial charge in [0.15, 0.2) is 0 Å². The molecule has 114 valence electrons. The van der Waals surface area contributed by atoms with Crippen molar-refractivity contribution in [3.63, 3.8) is 0 Å². The second-order valence-corrected chi connectivity index (χ2v) is 5.41. The molecule has 1 aliphatic rings. The van der Waals surface area contributed by atoms with Crippen LogP contribution in [0.1, 0.15) is 11.1 Å². The Morgan fingerprint density at radius 1 is 1.13 bits per heavy atom. The highest BCUT2D eigenvalue weighted by Crippen LogP contribution is 2.24. The van der Waals surface area contributed by atoms with Crippen molar-refractivity contribution < 1.29 is 9.72 Å². The molecule has 0 saturated carbocycles. The van der Waals surface area contributed by atoms with Crippen LogP contribution in [-0.4, -0.2) is 10.8 Å². The third kappa shape index (κ3) is 3.30. The predicted octanol–water partition coefficient (Wildman–Crippen LogP) is 3.80. The fourth-order valence-corrected chi connectivity index (χ4v) is 2.38. The molecule has 1 amide bonds. The lowest BCUT2D eigenvalue weighted by atomic mass is 10.1. The van der Waals surface area contributed by atoms with Gasteiger partial charge in [0.05, 0.1) is 4.92 Å². The Morgan fingerprint density at radius 2 is 1.87 bits per heavy atom. The maximum absolute atomic E-state index is 12.1. The van der Waals surface area contributed by atoms with E-state index in [9.17, 15) is 14.9 Å². The second-order valence-electron chi connectivity index (χ2n) is 4.97. The first-order valence-corrected chi connectivity index (χ1v) is 7.16. The summed E-state index contributed by atoms with van der Waals surface area (Å²) < 4.78 is 0. The van der Waals surface area contributed by atoms with E-state index in [0.29, 0.717) is 21.9 Å². The van der Waals surface area contributed by atoms with E-state index in [-0.39, 0.29) is 11.6 Å². The Bertz CT molecular complexity index is 854. The van der Waals surface area contributed by atoms with Gasteiger partial charge in [-0.25, -0.2) is 0 Å². The zero-order chi connectivity index (χ0) is 16.4. The number of carbonyl (C=O) groups excluding carboxylic acids is 1. The van der Waals surface area contributed by atoms with Gasteiger partial charge in [-0.1, -0.05) is 35.9 Å². The molecule has 2 aromatic carbocycles. The summed E-state index contributed by atoms with van der Waals surface area (Å²) in [5.74, 6) is -0.249. The van der Waals surface area contributed by atoms with Crippen molar-refractivity contribution in [3.05, 3.63) is 86.4 Å². The summed E-state index contributed by atoms with van der Waals surface area (Å²) in [6.45, 7) is 0. The molecule has 2 aromatic rings. The van der Waals surface area contributed by atoms with Gasteiger partial charge < -0.3 is 5.32 Å². The van der Waals surface area contributed by atoms with Gasteiger partial charge in [0.25, 0.3) is 11.6 Å². The molecule has 1 aliphatic heterocycles. The van der Waals surface area contributed by atoms with E-state index in [2.05, 4.69) is 5.32 Å². The van der Waals surface area contributed by atoms with Gasteiger partial charge in [-0.05, 0) is 35.4 Å². The average molecular weight is 327 g/mol. The van der Waals surface area contributed by atoms with Crippen molar-refractivity contribution in [2.45, 2.75) is 0 Å². The Balaban J connectivity index is 1.93. The normalized spacial score (nSPS) is 15.4. The lowest BCUT2D eigenvalue weighted by molar-refractivity contribution is -0.384. The first kappa shape index (κ1) is 15.0. The van der Waals surface area contributed by atoms with Crippen molar-refractivity contribution in [1.29, 1.82) is 0 Å². The summed E-state index contributed by atoms with van der Waals surface area (Å²) in [7, 11) is 0. The van der Waals surface area contributed by atoms with Crippen LogP contribution < -0.4 is 5.32 Å². The smallest absolute Gasteiger partial charge is 0.270 e. The topological polar surface area (TPSA) is 72.2 Å². The van der Waals surface area contributed by atoms with E-state index < -0.39 is 4.92 Å². The molecule has 23 heavy (non-hydrogen) atoms. The largest absolute Gasteiger partial charge is 0.321 e. The van der Waals surface area contributed by atoms with Gasteiger partial charge in [-0.15, -0.1) is 0 Å². The van der Waals surface area contributed by atoms with Gasteiger partial charge in [-0.2, -0.15) is 0 Å². The van der Waals surface area contributed by atoms with E-state index >= 15 is 0 Å². The monoisotopic (exact) mass is 326 g/mol. The van der Waals surface area contributed by atoms with Gasteiger partial charge in [-0.3, -0.25) is 14.9 Å². The number of benzene rings is 2. The summed E-state index contributed by atoms with van der Waals surface area (Å²) in [5, 5.41) is 14.2. The van der Waals surface area contributed by atoms with Crippen molar-refractivity contribution >= 4 is 35.0 Å². The number of carbonyl (C=O) groups is 1. The second kappa shape index (κ2) is 6.06. The fourth-order valence-electron chi connectivity index (χ4n) is 2.25. The molecule has 0 aliphatic carbocycles. The molecule has 0 aromatic heterocycles. The van der Waals surface area contributed by atoms with Gasteiger partial charge in [0, 0.05) is 28.4 Å². The molecule has 3 rings (SSSR count). The number of amides is 1. The Morgan fingerprint density at radius 3 is 2.57 bits per heavy atom. The lowest BCUT2D eigenvalue weighted by Crippen LogP contribution is -2.15. The van der Waals surface area contributed by atoms with Crippen molar-refractivity contribution in [2.24, 2.45) is 0 Å². The fraction of sp³-hybridized carbons (Fsp3) is 0. The van der Waals surface area contributed by atoms with E-state index in [0.717, 1.165) is 5.56 Å². The van der Waals surface area contributed by atoms with E-state index in [1.165, 1.54) is 12.1 Å². The number of nitro groups is 1. The summed E-state index contributed by atoms with van der Waals surface area (Å²) >= 11 is 5.85. The van der Waals surface area contributed by atoms with Gasteiger partial charge in [0.1, 0.15) is 0 Å². The molecule has 0 fully saturated rings. The minimum absolute atomic E-state index is 0.0142. The number of rotatable bonds is 3. The van der Waals surface area contributed by atoms with Crippen molar-refractivity contribution in [2.75, 3.05) is 0 Å². The zero-order valence-electron chi connectivity index (χ0n) is 11.8. The summed E-state index contributed by atoms with van der Waals surface area (Å²) in [6, 6.07) is 13.2. The third-order valence-corrected chi connectivity index (χ3v) is 3.62. The van der Waals surface area contributed by atoms with Crippen LogP contribution in [0.3, 0.4) is 0 Å². The Labute approximate surface area is 137 Å². The Kier molecular flexibility index (Phi) is 3.95. The minimum atomic E-state index is -0.467. The highest BCUT2D eigenvalue weighted by molar-refractivity contribution is 6.30. The minimum Gasteiger partial charge on any atom is -0.321 e. The molecule has 5 nitrogen and oxygen atoms in total. The van der Waals surface area contributed by atoms with Crippen molar-refractivity contribution in [1.82, 2.24) is 5.32 Å². The summed E-state index contributed by atoms with van der Waals surface area (Å²) in [4.78, 5) is 22.4. The highest BCUT2D eigenvalue weighted by atomic mass is 35.5. The van der Waals surface area contributed by atoms with Crippen molar-refractivity contribution in [3.8, 4) is 0 Å². The zero-order valence-corrected chi connectivity index (χ0v) is 12.6. The van der Waals surface area contributed by atoms with Gasteiger partial charge in [0.2, 0.25) is 0 Å². The maximum Gasteiger partial charge on any atom is 0.270 e. The number of halogens is 1. The highest BCUT2D eigenvalue weighted by Gasteiger charge is 2.19. The first-order valence-electron chi connectivity index (χ1n) is 6.78. The first-order chi connectivity index (χ1) is 11.0. The standard InChI is InChI=1S/C17H11ClN2O3/c18-14-6-4-12(5-7-14)16-10-13(17(21)19-16)8-11-2-1-3-15(9-11)20(22)23/h1-10H,(H,19,21)/b13-8+. The molecular weight excluding hydrogens is 316 g/mol. The van der Waals surface area contributed by atoms with Crippen LogP contribution in [0.25, 0.3) is 11.8 Å². The van der Waals surface area contributed by atoms with E-state index in [1.54, 1.807) is 36.4 Å². The number of nitrogens with zero attached hydrogens (tertiary/aromatic N) is 1. The van der Waals surface area contributed by atoms with Crippen LogP contribution in [-0.2, 0) is 4.79 Å². The SMILES string of the molecule is O=C1NC(c2ccc(Cl)cc2)=C/C1=C\c1cccc([N+](=O)[O-])c1. The quantitative estimate of drug-likeness (QED) is 0.529. The van der Waals surface area contributed by atoms with Crippen LogP contribution in [0.15, 0.2) is 60.2 Å². The molecule has 0 bridgehead atoms. The third-order valence-electron chi connectivity index (χ3n) is 3.37. The number of hydrogen-bond acceptors (Lipinski definition) is 3.